The minimum atomic E-state index is -0.784. The summed E-state index contributed by atoms with van der Waals surface area (Å²) in [5, 5.41) is 8.39. The van der Waals surface area contributed by atoms with E-state index in [0.717, 1.165) is 12.8 Å². The third kappa shape index (κ3) is 3.77. The second-order valence-electron chi connectivity index (χ2n) is 3.84. The number of carbonyl (C=O) groups is 2. The van der Waals surface area contributed by atoms with Crippen LogP contribution in [0.25, 0.3) is 0 Å². The average Bonchev–Trinajstić information content (AvgIpc) is 2.93. The lowest BCUT2D eigenvalue weighted by atomic mass is 10.2. The smallest absolute Gasteiger partial charge is 0.303 e. The molecule has 0 aromatic rings. The standard InChI is InChI=1S/C10H17NO3/c1-11(8-6-7-8)9(12)4-2-3-5-10(13)14/h8H,2-7H2,1H3,(H,13,14). The zero-order chi connectivity index (χ0) is 10.6. The lowest BCUT2D eigenvalue weighted by molar-refractivity contribution is -0.137. The zero-order valence-electron chi connectivity index (χ0n) is 8.53. The van der Waals surface area contributed by atoms with Crippen LogP contribution in [0.5, 0.6) is 0 Å². The Kier molecular flexibility index (Phi) is 3.92. The van der Waals surface area contributed by atoms with Gasteiger partial charge >= 0.3 is 5.97 Å². The number of carbonyl (C=O) groups excluding carboxylic acids is 1. The molecule has 0 radical (unpaired) electrons. The van der Waals surface area contributed by atoms with E-state index in [0.29, 0.717) is 25.3 Å². The fourth-order valence-electron chi connectivity index (χ4n) is 1.39. The van der Waals surface area contributed by atoms with Crippen molar-refractivity contribution in [1.29, 1.82) is 0 Å². The van der Waals surface area contributed by atoms with Crippen molar-refractivity contribution >= 4 is 11.9 Å². The normalized spacial score (nSPS) is 15.2. The number of carboxylic acids is 1. The first kappa shape index (κ1) is 11.0. The Morgan fingerprint density at radius 1 is 1.29 bits per heavy atom. The van der Waals surface area contributed by atoms with Crippen LogP contribution >= 0.6 is 0 Å². The van der Waals surface area contributed by atoms with Gasteiger partial charge in [-0.15, -0.1) is 0 Å². The van der Waals surface area contributed by atoms with Crippen molar-refractivity contribution in [3.8, 4) is 0 Å². The summed E-state index contributed by atoms with van der Waals surface area (Å²) in [6, 6.07) is 0.460. The maximum atomic E-state index is 11.4. The molecule has 4 nitrogen and oxygen atoms in total. The van der Waals surface area contributed by atoms with Crippen LogP contribution in [0.3, 0.4) is 0 Å². The quantitative estimate of drug-likeness (QED) is 0.655. The second kappa shape index (κ2) is 4.98. The van der Waals surface area contributed by atoms with Gasteiger partial charge in [0.2, 0.25) is 5.91 Å². The van der Waals surface area contributed by atoms with Gasteiger partial charge in [0.15, 0.2) is 0 Å². The van der Waals surface area contributed by atoms with Crippen molar-refractivity contribution in [2.24, 2.45) is 0 Å². The summed E-state index contributed by atoms with van der Waals surface area (Å²) in [6.45, 7) is 0. The number of hydrogen-bond acceptors (Lipinski definition) is 2. The van der Waals surface area contributed by atoms with Gasteiger partial charge in [-0.1, -0.05) is 0 Å². The summed E-state index contributed by atoms with van der Waals surface area (Å²) in [6.07, 6.45) is 4.18. The Morgan fingerprint density at radius 2 is 1.86 bits per heavy atom. The molecule has 0 unspecified atom stereocenters. The SMILES string of the molecule is CN(C(=O)CCCCC(=O)O)C1CC1. The van der Waals surface area contributed by atoms with Crippen molar-refractivity contribution < 1.29 is 14.7 Å². The number of carboxylic acid groups (broad SMARTS) is 1. The van der Waals surface area contributed by atoms with Crippen LogP contribution in [0.2, 0.25) is 0 Å². The molecule has 1 saturated carbocycles. The molecule has 4 heteroatoms. The van der Waals surface area contributed by atoms with Crippen LogP contribution in [0, 0.1) is 0 Å². The molecule has 1 rings (SSSR count). The van der Waals surface area contributed by atoms with Gasteiger partial charge in [0.1, 0.15) is 0 Å². The lowest BCUT2D eigenvalue weighted by Gasteiger charge is -2.15. The maximum Gasteiger partial charge on any atom is 0.303 e. The molecule has 1 fully saturated rings. The summed E-state index contributed by atoms with van der Waals surface area (Å²) in [5.41, 5.74) is 0. The van der Waals surface area contributed by atoms with E-state index in [1.807, 2.05) is 7.05 Å². The molecule has 0 aromatic heterocycles. The Bertz CT molecular complexity index is 223. The largest absolute Gasteiger partial charge is 0.481 e. The molecule has 1 N–H and O–H groups in total. The number of unbranched alkanes of at least 4 members (excludes halogenated alkanes) is 1. The Hall–Kier alpha value is -1.06. The van der Waals surface area contributed by atoms with Crippen LogP contribution in [0.1, 0.15) is 38.5 Å². The highest BCUT2D eigenvalue weighted by Crippen LogP contribution is 2.25. The molecule has 0 aliphatic heterocycles. The molecule has 0 spiro atoms. The van der Waals surface area contributed by atoms with Gasteiger partial charge in [0.05, 0.1) is 0 Å². The summed E-state index contributed by atoms with van der Waals surface area (Å²) < 4.78 is 0. The molecule has 0 saturated heterocycles. The number of nitrogens with zero attached hydrogens (tertiary/aromatic N) is 1. The van der Waals surface area contributed by atoms with Crippen LogP contribution in [-0.2, 0) is 9.59 Å². The highest BCUT2D eigenvalue weighted by Gasteiger charge is 2.28. The number of hydrogen-bond donors (Lipinski definition) is 1. The van der Waals surface area contributed by atoms with E-state index in [9.17, 15) is 9.59 Å². The molecule has 1 aliphatic rings. The fraction of sp³-hybridized carbons (Fsp3) is 0.800. The molecular formula is C10H17NO3. The van der Waals surface area contributed by atoms with E-state index in [1.54, 1.807) is 4.90 Å². The molecule has 1 amide bonds. The van der Waals surface area contributed by atoms with E-state index in [4.69, 9.17) is 5.11 Å². The molecule has 0 atom stereocenters. The predicted molar refractivity (Wildman–Crippen MR) is 51.9 cm³/mol. The van der Waals surface area contributed by atoms with Crippen molar-refractivity contribution in [1.82, 2.24) is 4.90 Å². The van der Waals surface area contributed by atoms with Crippen LogP contribution in [-0.4, -0.2) is 35.0 Å². The van der Waals surface area contributed by atoms with Gasteiger partial charge in [-0.3, -0.25) is 9.59 Å². The number of rotatable bonds is 6. The molecule has 0 bridgehead atoms. The monoisotopic (exact) mass is 199 g/mol. The van der Waals surface area contributed by atoms with Gasteiger partial charge in [-0.2, -0.15) is 0 Å². The first-order valence-corrected chi connectivity index (χ1v) is 5.08. The summed E-state index contributed by atoms with van der Waals surface area (Å²) in [5.74, 6) is -0.633. The van der Waals surface area contributed by atoms with Gasteiger partial charge in [-0.25, -0.2) is 0 Å². The average molecular weight is 199 g/mol. The Balaban J connectivity index is 2.05. The van der Waals surface area contributed by atoms with E-state index >= 15 is 0 Å². The number of amides is 1. The van der Waals surface area contributed by atoms with Gasteiger partial charge in [-0.05, 0) is 25.7 Å². The van der Waals surface area contributed by atoms with Crippen molar-refractivity contribution in [3.05, 3.63) is 0 Å². The Morgan fingerprint density at radius 3 is 2.36 bits per heavy atom. The summed E-state index contributed by atoms with van der Waals surface area (Å²) in [4.78, 5) is 23.4. The van der Waals surface area contributed by atoms with E-state index in [-0.39, 0.29) is 12.3 Å². The Labute approximate surface area is 83.9 Å². The van der Waals surface area contributed by atoms with Gasteiger partial charge in [0, 0.05) is 25.9 Å². The van der Waals surface area contributed by atoms with E-state index < -0.39 is 5.97 Å². The van der Waals surface area contributed by atoms with Gasteiger partial charge in [0.25, 0.3) is 0 Å². The van der Waals surface area contributed by atoms with Crippen LogP contribution in [0.4, 0.5) is 0 Å². The molecule has 14 heavy (non-hydrogen) atoms. The topological polar surface area (TPSA) is 57.6 Å². The van der Waals surface area contributed by atoms with Crippen LogP contribution in [0.15, 0.2) is 0 Å². The van der Waals surface area contributed by atoms with Crippen LogP contribution < -0.4 is 0 Å². The van der Waals surface area contributed by atoms with E-state index in [1.165, 1.54) is 0 Å². The van der Waals surface area contributed by atoms with Crippen molar-refractivity contribution in [2.45, 2.75) is 44.6 Å². The third-order valence-corrected chi connectivity index (χ3v) is 2.52. The maximum absolute atomic E-state index is 11.4. The zero-order valence-corrected chi connectivity index (χ0v) is 8.53. The highest BCUT2D eigenvalue weighted by molar-refractivity contribution is 5.76. The second-order valence-corrected chi connectivity index (χ2v) is 3.84. The highest BCUT2D eigenvalue weighted by atomic mass is 16.4. The minimum absolute atomic E-state index is 0.151. The molecular weight excluding hydrogens is 182 g/mol. The lowest BCUT2D eigenvalue weighted by Crippen LogP contribution is -2.28. The fourth-order valence-corrected chi connectivity index (χ4v) is 1.39. The van der Waals surface area contributed by atoms with Crippen molar-refractivity contribution in [2.75, 3.05) is 7.05 Å². The predicted octanol–water partition coefficient (Wildman–Crippen LogP) is 1.25. The molecule has 0 heterocycles. The van der Waals surface area contributed by atoms with Gasteiger partial charge < -0.3 is 10.0 Å². The minimum Gasteiger partial charge on any atom is -0.481 e. The summed E-state index contributed by atoms with van der Waals surface area (Å²) in [7, 11) is 1.83. The van der Waals surface area contributed by atoms with Crippen molar-refractivity contribution in [3.63, 3.8) is 0 Å². The molecule has 80 valence electrons. The summed E-state index contributed by atoms with van der Waals surface area (Å²) >= 11 is 0. The first-order chi connectivity index (χ1) is 6.61. The van der Waals surface area contributed by atoms with E-state index in [2.05, 4.69) is 0 Å². The molecule has 1 aliphatic carbocycles. The molecule has 0 aromatic carbocycles. The number of aliphatic carboxylic acids is 1. The third-order valence-electron chi connectivity index (χ3n) is 2.52. The first-order valence-electron chi connectivity index (χ1n) is 5.08.